The molecule has 3 nitrogen and oxygen atoms in total. The molecule has 4 heteroatoms. The Labute approximate surface area is 80.7 Å². The van der Waals surface area contributed by atoms with E-state index in [1.807, 2.05) is 13.2 Å². The molecule has 1 heterocycles. The van der Waals surface area contributed by atoms with Gasteiger partial charge in [-0.05, 0) is 6.42 Å². The van der Waals surface area contributed by atoms with Gasteiger partial charge in [0.15, 0.2) is 0 Å². The van der Waals surface area contributed by atoms with Crippen molar-refractivity contribution in [3.63, 3.8) is 0 Å². The monoisotopic (exact) mass is 229 g/mol. The summed E-state index contributed by atoms with van der Waals surface area (Å²) < 4.78 is 0. The number of nitrogens with zero attached hydrogens (tertiary/aromatic N) is 2. The lowest BCUT2D eigenvalue weighted by Crippen LogP contribution is -2.02. The molecule has 0 spiro atoms. The van der Waals surface area contributed by atoms with Gasteiger partial charge in [-0.25, -0.2) is 9.97 Å². The number of hydrogen-bond donors (Lipinski definition) is 1. The number of halogens is 1. The van der Waals surface area contributed by atoms with Crippen LogP contribution in [0.25, 0.3) is 0 Å². The predicted molar refractivity (Wildman–Crippen MR) is 53.6 cm³/mol. The maximum atomic E-state index is 4.33. The summed E-state index contributed by atoms with van der Waals surface area (Å²) in [4.78, 5) is 8.45. The highest BCUT2D eigenvalue weighted by Gasteiger charge is 2.02. The fourth-order valence-electron chi connectivity index (χ4n) is 0.980. The van der Waals surface area contributed by atoms with E-state index in [-0.39, 0.29) is 0 Å². The van der Waals surface area contributed by atoms with Crippen molar-refractivity contribution in [3.8, 4) is 0 Å². The lowest BCUT2D eigenvalue weighted by atomic mass is 10.2. The van der Waals surface area contributed by atoms with Crippen molar-refractivity contribution in [2.75, 3.05) is 12.4 Å². The fraction of sp³-hybridized carbons (Fsp3) is 0.500. The standard InChI is InChI=1S/C8H12BrN3/c1-3-7-6(4-9)5-11-8(10-2)12-7/h5H,3-4H2,1-2H3,(H,10,11,12). The van der Waals surface area contributed by atoms with E-state index in [2.05, 4.69) is 38.1 Å². The molecule has 1 aromatic rings. The summed E-state index contributed by atoms with van der Waals surface area (Å²) in [5, 5.41) is 3.74. The molecule has 1 aromatic heterocycles. The highest BCUT2D eigenvalue weighted by Crippen LogP contribution is 2.11. The molecule has 66 valence electrons. The lowest BCUT2D eigenvalue weighted by molar-refractivity contribution is 0.968. The molecule has 12 heavy (non-hydrogen) atoms. The average Bonchev–Trinajstić information content (AvgIpc) is 2.16. The Morgan fingerprint density at radius 2 is 2.33 bits per heavy atom. The minimum atomic E-state index is 0.691. The third-order valence-electron chi connectivity index (χ3n) is 1.66. The molecule has 0 saturated heterocycles. The maximum Gasteiger partial charge on any atom is 0.222 e. The first-order valence-electron chi connectivity index (χ1n) is 3.90. The van der Waals surface area contributed by atoms with Crippen LogP contribution in [0.1, 0.15) is 18.2 Å². The van der Waals surface area contributed by atoms with Crippen LogP contribution >= 0.6 is 15.9 Å². The van der Waals surface area contributed by atoms with E-state index in [0.29, 0.717) is 5.95 Å². The second-order valence-electron chi connectivity index (χ2n) is 2.40. The zero-order valence-corrected chi connectivity index (χ0v) is 8.85. The molecule has 0 radical (unpaired) electrons. The van der Waals surface area contributed by atoms with Crippen LogP contribution in [0.2, 0.25) is 0 Å². The largest absolute Gasteiger partial charge is 0.357 e. The summed E-state index contributed by atoms with van der Waals surface area (Å²) >= 11 is 3.40. The van der Waals surface area contributed by atoms with Gasteiger partial charge in [0.05, 0.1) is 0 Å². The van der Waals surface area contributed by atoms with Crippen LogP contribution < -0.4 is 5.32 Å². The maximum absolute atomic E-state index is 4.33. The first-order chi connectivity index (χ1) is 5.81. The Morgan fingerprint density at radius 1 is 1.58 bits per heavy atom. The smallest absolute Gasteiger partial charge is 0.222 e. The molecule has 0 aliphatic rings. The van der Waals surface area contributed by atoms with Crippen LogP contribution in [0.5, 0.6) is 0 Å². The summed E-state index contributed by atoms with van der Waals surface area (Å²) in [7, 11) is 1.82. The van der Waals surface area contributed by atoms with Gasteiger partial charge in [-0.2, -0.15) is 0 Å². The molecular formula is C8H12BrN3. The van der Waals surface area contributed by atoms with E-state index in [1.165, 1.54) is 0 Å². The summed E-state index contributed by atoms with van der Waals surface area (Å²) in [6.07, 6.45) is 2.80. The third kappa shape index (κ3) is 1.94. The Balaban J connectivity index is 3.02. The van der Waals surface area contributed by atoms with E-state index in [0.717, 1.165) is 23.0 Å². The molecule has 0 unspecified atom stereocenters. The summed E-state index contributed by atoms with van der Waals surface area (Å²) in [5.41, 5.74) is 2.27. The number of nitrogens with one attached hydrogen (secondary N) is 1. The van der Waals surface area contributed by atoms with Crippen molar-refractivity contribution >= 4 is 21.9 Å². The first kappa shape index (κ1) is 9.45. The van der Waals surface area contributed by atoms with E-state index >= 15 is 0 Å². The molecule has 0 fully saturated rings. The van der Waals surface area contributed by atoms with Gasteiger partial charge < -0.3 is 5.32 Å². The molecule has 0 amide bonds. The summed E-state index contributed by atoms with van der Waals surface area (Å²) in [6.45, 7) is 2.09. The van der Waals surface area contributed by atoms with Crippen LogP contribution in [0.4, 0.5) is 5.95 Å². The Hall–Kier alpha value is -0.640. The van der Waals surface area contributed by atoms with Gasteiger partial charge in [0, 0.05) is 29.8 Å². The Morgan fingerprint density at radius 3 is 2.83 bits per heavy atom. The highest BCUT2D eigenvalue weighted by atomic mass is 79.9. The molecule has 0 aromatic carbocycles. The fourth-order valence-corrected chi connectivity index (χ4v) is 1.45. The van der Waals surface area contributed by atoms with Gasteiger partial charge in [0.25, 0.3) is 0 Å². The Bertz CT molecular complexity index is 262. The topological polar surface area (TPSA) is 37.8 Å². The number of alkyl halides is 1. The van der Waals surface area contributed by atoms with Crippen LogP contribution in [0.15, 0.2) is 6.20 Å². The van der Waals surface area contributed by atoms with Gasteiger partial charge >= 0.3 is 0 Å². The van der Waals surface area contributed by atoms with Gasteiger partial charge in [0.1, 0.15) is 0 Å². The van der Waals surface area contributed by atoms with Crippen molar-refractivity contribution in [2.24, 2.45) is 0 Å². The van der Waals surface area contributed by atoms with Crippen LogP contribution in [0, 0.1) is 0 Å². The summed E-state index contributed by atoms with van der Waals surface area (Å²) in [6, 6.07) is 0. The molecule has 0 aliphatic heterocycles. The minimum absolute atomic E-state index is 0.691. The van der Waals surface area contributed by atoms with Gasteiger partial charge in [-0.1, -0.05) is 22.9 Å². The normalized spacial score (nSPS) is 9.92. The number of hydrogen-bond acceptors (Lipinski definition) is 3. The zero-order chi connectivity index (χ0) is 8.97. The van der Waals surface area contributed by atoms with E-state index < -0.39 is 0 Å². The van der Waals surface area contributed by atoms with E-state index in [9.17, 15) is 0 Å². The molecule has 1 N–H and O–H groups in total. The van der Waals surface area contributed by atoms with Crippen molar-refractivity contribution in [1.29, 1.82) is 0 Å². The SMILES string of the molecule is CCc1nc(NC)ncc1CBr. The van der Waals surface area contributed by atoms with Gasteiger partial charge in [-0.15, -0.1) is 0 Å². The van der Waals surface area contributed by atoms with Crippen molar-refractivity contribution in [3.05, 3.63) is 17.5 Å². The number of aryl methyl sites for hydroxylation is 1. The van der Waals surface area contributed by atoms with Crippen molar-refractivity contribution < 1.29 is 0 Å². The molecular weight excluding hydrogens is 218 g/mol. The molecule has 0 bridgehead atoms. The third-order valence-corrected chi connectivity index (χ3v) is 2.26. The average molecular weight is 230 g/mol. The van der Waals surface area contributed by atoms with Crippen LogP contribution in [-0.4, -0.2) is 17.0 Å². The second kappa shape index (κ2) is 4.40. The quantitative estimate of drug-likeness (QED) is 0.806. The molecule has 0 aliphatic carbocycles. The second-order valence-corrected chi connectivity index (χ2v) is 2.96. The molecule has 0 saturated carbocycles. The predicted octanol–water partition coefficient (Wildman–Crippen LogP) is 1.98. The van der Waals surface area contributed by atoms with E-state index in [4.69, 9.17) is 0 Å². The minimum Gasteiger partial charge on any atom is -0.357 e. The van der Waals surface area contributed by atoms with Gasteiger partial charge in [-0.3, -0.25) is 0 Å². The molecule has 0 atom stereocenters. The number of aromatic nitrogens is 2. The van der Waals surface area contributed by atoms with Crippen molar-refractivity contribution in [1.82, 2.24) is 9.97 Å². The van der Waals surface area contributed by atoms with E-state index in [1.54, 1.807) is 0 Å². The van der Waals surface area contributed by atoms with Gasteiger partial charge in [0.2, 0.25) is 5.95 Å². The van der Waals surface area contributed by atoms with Crippen LogP contribution in [0.3, 0.4) is 0 Å². The summed E-state index contributed by atoms with van der Waals surface area (Å²) in [5.74, 6) is 0.691. The first-order valence-corrected chi connectivity index (χ1v) is 5.02. The lowest BCUT2D eigenvalue weighted by Gasteiger charge is -2.04. The number of rotatable bonds is 3. The number of anilines is 1. The van der Waals surface area contributed by atoms with Crippen LogP contribution in [-0.2, 0) is 11.8 Å². The Kier molecular flexibility index (Phi) is 3.47. The zero-order valence-electron chi connectivity index (χ0n) is 7.26. The molecule has 1 rings (SSSR count). The highest BCUT2D eigenvalue weighted by molar-refractivity contribution is 9.08. The van der Waals surface area contributed by atoms with Crippen molar-refractivity contribution in [2.45, 2.75) is 18.7 Å².